The van der Waals surface area contributed by atoms with Crippen LogP contribution in [0, 0.1) is 11.3 Å². The van der Waals surface area contributed by atoms with Crippen molar-refractivity contribution in [2.24, 2.45) is 11.3 Å². The van der Waals surface area contributed by atoms with E-state index >= 15 is 0 Å². The lowest BCUT2D eigenvalue weighted by Gasteiger charge is -2.34. The van der Waals surface area contributed by atoms with Crippen LogP contribution in [-0.4, -0.2) is 37.0 Å². The highest BCUT2D eigenvalue weighted by atomic mass is 32.1. The molecule has 134 valence electrons. The van der Waals surface area contributed by atoms with E-state index in [9.17, 15) is 9.59 Å². The van der Waals surface area contributed by atoms with Gasteiger partial charge in [0.05, 0.1) is 18.6 Å². The molecule has 1 unspecified atom stereocenters. The predicted molar refractivity (Wildman–Crippen MR) is 97.5 cm³/mol. The van der Waals surface area contributed by atoms with Crippen molar-refractivity contribution in [1.82, 2.24) is 4.90 Å². The van der Waals surface area contributed by atoms with Crippen LogP contribution in [0.1, 0.15) is 61.3 Å². The number of fused-ring (bicyclic) bond motifs is 1. The number of hydrogen-bond donors (Lipinski definition) is 0. The van der Waals surface area contributed by atoms with Crippen molar-refractivity contribution >= 4 is 23.2 Å². The fourth-order valence-electron chi connectivity index (χ4n) is 3.23. The summed E-state index contributed by atoms with van der Waals surface area (Å²) in [7, 11) is 1.76. The molecule has 0 bridgehead atoms. The molecule has 1 aromatic rings. The van der Waals surface area contributed by atoms with E-state index in [0.29, 0.717) is 24.5 Å². The number of carbonyl (C=O) groups excluding carboxylic acids is 2. The lowest BCUT2D eigenvalue weighted by Crippen LogP contribution is -2.31. The van der Waals surface area contributed by atoms with Gasteiger partial charge in [0.2, 0.25) is 0 Å². The number of nitrogens with zero attached hydrogens (tertiary/aromatic N) is 1. The van der Waals surface area contributed by atoms with Crippen LogP contribution in [0.2, 0.25) is 0 Å². The van der Waals surface area contributed by atoms with Crippen molar-refractivity contribution < 1.29 is 14.3 Å². The molecule has 1 atom stereocenters. The van der Waals surface area contributed by atoms with Crippen molar-refractivity contribution in [3.8, 4) is 0 Å². The Morgan fingerprint density at radius 2 is 2.08 bits per heavy atom. The second kappa shape index (κ2) is 7.68. The lowest BCUT2D eigenvalue weighted by molar-refractivity contribution is -0.143. The molecule has 1 heterocycles. The number of thiophene rings is 1. The Morgan fingerprint density at radius 1 is 1.38 bits per heavy atom. The van der Waals surface area contributed by atoms with Crippen LogP contribution in [0.5, 0.6) is 0 Å². The van der Waals surface area contributed by atoms with Gasteiger partial charge in [0.15, 0.2) is 0 Å². The third-order valence-electron chi connectivity index (χ3n) is 4.91. The highest BCUT2D eigenvalue weighted by Crippen LogP contribution is 2.40. The van der Waals surface area contributed by atoms with E-state index in [2.05, 4.69) is 20.8 Å². The van der Waals surface area contributed by atoms with Crippen molar-refractivity contribution in [3.05, 3.63) is 21.4 Å². The van der Waals surface area contributed by atoms with Crippen LogP contribution in [0.3, 0.4) is 0 Å². The fourth-order valence-corrected chi connectivity index (χ4v) is 4.39. The van der Waals surface area contributed by atoms with Gasteiger partial charge >= 0.3 is 5.97 Å². The molecule has 0 saturated heterocycles. The molecule has 0 aromatic carbocycles. The minimum absolute atomic E-state index is 0.0195. The minimum Gasteiger partial charge on any atom is -0.466 e. The molecule has 0 saturated carbocycles. The molecule has 1 amide bonds. The van der Waals surface area contributed by atoms with Crippen LogP contribution in [0.15, 0.2) is 5.38 Å². The fraction of sp³-hybridized carbons (Fsp3) is 0.684. The smallest absolute Gasteiger partial charge is 0.307 e. The molecule has 5 heteroatoms. The quantitative estimate of drug-likeness (QED) is 0.755. The average molecular weight is 352 g/mol. The molecule has 1 aliphatic rings. The van der Waals surface area contributed by atoms with Crippen LogP contribution in [0.25, 0.3) is 0 Å². The summed E-state index contributed by atoms with van der Waals surface area (Å²) in [5, 5.41) is 2.00. The maximum atomic E-state index is 12.7. The zero-order valence-electron chi connectivity index (χ0n) is 15.5. The summed E-state index contributed by atoms with van der Waals surface area (Å²) in [5.74, 6) is 0.441. The van der Waals surface area contributed by atoms with Gasteiger partial charge in [-0.2, -0.15) is 0 Å². The molecule has 0 aliphatic heterocycles. The summed E-state index contributed by atoms with van der Waals surface area (Å²) in [4.78, 5) is 27.2. The maximum Gasteiger partial charge on any atom is 0.307 e. The van der Waals surface area contributed by atoms with E-state index in [1.807, 2.05) is 5.38 Å². The maximum absolute atomic E-state index is 12.7. The first kappa shape index (κ1) is 19.0. The Hall–Kier alpha value is -1.36. The standard InChI is InChI=1S/C19H29NO3S/c1-6-23-17(21)9-10-20(5)18(22)15-12-24-16-11-13(19(2,3)4)7-8-14(15)16/h12-13H,6-11H2,1-5H3. The number of ether oxygens (including phenoxy) is 1. The highest BCUT2D eigenvalue weighted by molar-refractivity contribution is 7.10. The van der Waals surface area contributed by atoms with Gasteiger partial charge in [-0.15, -0.1) is 11.3 Å². The molecular weight excluding hydrogens is 322 g/mol. The molecule has 0 N–H and O–H groups in total. The van der Waals surface area contributed by atoms with E-state index in [4.69, 9.17) is 4.74 Å². The number of amides is 1. The lowest BCUT2D eigenvalue weighted by atomic mass is 9.72. The van der Waals surface area contributed by atoms with Crippen LogP contribution in [-0.2, 0) is 22.4 Å². The number of esters is 1. The number of carbonyl (C=O) groups is 2. The molecule has 4 nitrogen and oxygen atoms in total. The van der Waals surface area contributed by atoms with Gasteiger partial charge in [0.25, 0.3) is 5.91 Å². The summed E-state index contributed by atoms with van der Waals surface area (Å²) in [6, 6.07) is 0. The SMILES string of the molecule is CCOC(=O)CCN(C)C(=O)c1csc2c1CCC(C(C)(C)C)C2. The first-order chi connectivity index (χ1) is 11.2. The molecule has 24 heavy (non-hydrogen) atoms. The molecule has 2 rings (SSSR count). The highest BCUT2D eigenvalue weighted by Gasteiger charge is 2.32. The summed E-state index contributed by atoms with van der Waals surface area (Å²) in [6.45, 7) is 9.45. The van der Waals surface area contributed by atoms with Crippen LogP contribution >= 0.6 is 11.3 Å². The Labute approximate surface area is 149 Å². The summed E-state index contributed by atoms with van der Waals surface area (Å²) in [6.07, 6.45) is 3.44. The van der Waals surface area contributed by atoms with E-state index in [1.165, 1.54) is 10.4 Å². The summed E-state index contributed by atoms with van der Waals surface area (Å²) in [5.41, 5.74) is 2.37. The molecule has 0 spiro atoms. The molecule has 1 aromatic heterocycles. The van der Waals surface area contributed by atoms with Gasteiger partial charge in [-0.3, -0.25) is 9.59 Å². The average Bonchev–Trinajstić information content (AvgIpc) is 2.94. The van der Waals surface area contributed by atoms with Crippen molar-refractivity contribution in [2.45, 2.75) is 53.4 Å². The Kier molecular flexibility index (Phi) is 6.07. The number of rotatable bonds is 5. The first-order valence-electron chi connectivity index (χ1n) is 8.74. The normalized spacial score (nSPS) is 17.3. The van der Waals surface area contributed by atoms with Gasteiger partial charge < -0.3 is 9.64 Å². The second-order valence-electron chi connectivity index (χ2n) is 7.64. The molecular formula is C19H29NO3S. The molecule has 0 fully saturated rings. The van der Waals surface area contributed by atoms with Crippen molar-refractivity contribution in [1.29, 1.82) is 0 Å². The Balaban J connectivity index is 2.02. The van der Waals surface area contributed by atoms with Gasteiger partial charge in [-0.05, 0) is 43.1 Å². The monoisotopic (exact) mass is 351 g/mol. The third-order valence-corrected chi connectivity index (χ3v) is 5.96. The van der Waals surface area contributed by atoms with Crippen LogP contribution < -0.4 is 0 Å². The summed E-state index contributed by atoms with van der Waals surface area (Å²) >= 11 is 1.71. The Morgan fingerprint density at radius 3 is 2.71 bits per heavy atom. The van der Waals surface area contributed by atoms with Gasteiger partial charge in [0.1, 0.15) is 0 Å². The third kappa shape index (κ3) is 4.38. The minimum atomic E-state index is -0.252. The van der Waals surface area contributed by atoms with Crippen molar-refractivity contribution in [3.63, 3.8) is 0 Å². The largest absolute Gasteiger partial charge is 0.466 e. The first-order valence-corrected chi connectivity index (χ1v) is 9.62. The van der Waals surface area contributed by atoms with E-state index in [-0.39, 0.29) is 18.3 Å². The Bertz CT molecular complexity index is 600. The van der Waals surface area contributed by atoms with E-state index < -0.39 is 0 Å². The summed E-state index contributed by atoms with van der Waals surface area (Å²) < 4.78 is 4.92. The van der Waals surface area contributed by atoms with Crippen molar-refractivity contribution in [2.75, 3.05) is 20.2 Å². The topological polar surface area (TPSA) is 46.6 Å². The zero-order chi connectivity index (χ0) is 17.9. The zero-order valence-corrected chi connectivity index (χ0v) is 16.3. The van der Waals surface area contributed by atoms with E-state index in [0.717, 1.165) is 24.8 Å². The molecule has 0 radical (unpaired) electrons. The van der Waals surface area contributed by atoms with Gasteiger partial charge in [-0.25, -0.2) is 0 Å². The van der Waals surface area contributed by atoms with Gasteiger partial charge in [0, 0.05) is 23.8 Å². The van der Waals surface area contributed by atoms with Crippen LogP contribution in [0.4, 0.5) is 0 Å². The van der Waals surface area contributed by atoms with Gasteiger partial charge in [-0.1, -0.05) is 20.8 Å². The molecule has 1 aliphatic carbocycles. The second-order valence-corrected chi connectivity index (χ2v) is 8.60. The van der Waals surface area contributed by atoms with E-state index in [1.54, 1.807) is 30.2 Å². The number of hydrogen-bond acceptors (Lipinski definition) is 4. The predicted octanol–water partition coefficient (Wildman–Crippen LogP) is 3.92.